The zero-order valence-electron chi connectivity index (χ0n) is 15.4. The van der Waals surface area contributed by atoms with Crippen molar-refractivity contribution < 1.29 is 31.0 Å². The highest BCUT2D eigenvalue weighted by Crippen LogP contribution is 2.25. The fraction of sp³-hybridized carbons (Fsp3) is 0.333. The molecule has 0 fully saturated rings. The zero-order chi connectivity index (χ0) is 22.3. The second-order valence-corrected chi connectivity index (χ2v) is 8.39. The van der Waals surface area contributed by atoms with Gasteiger partial charge in [0, 0.05) is 30.6 Å². The second-order valence-electron chi connectivity index (χ2n) is 5.69. The van der Waals surface area contributed by atoms with E-state index in [1.807, 2.05) is 0 Å². The van der Waals surface area contributed by atoms with Gasteiger partial charge in [0.1, 0.15) is 11.6 Å². The molecule has 1 aromatic carbocycles. The van der Waals surface area contributed by atoms with Crippen molar-refractivity contribution >= 4 is 39.2 Å². The minimum atomic E-state index is -3.92. The molecule has 164 valence electrons. The lowest BCUT2D eigenvalue weighted by molar-refractivity contribution is -0.118. The lowest BCUT2D eigenvalue weighted by Crippen LogP contribution is -2.34. The van der Waals surface area contributed by atoms with Crippen LogP contribution in [0.1, 0.15) is 17.7 Å². The Morgan fingerprint density at radius 2 is 2.07 bits per heavy atom. The average Bonchev–Trinajstić information content (AvgIpc) is 3.09. The number of halogens is 3. The number of carbonyl (C=O) groups excluding carboxylic acids is 1. The molecule has 15 heteroatoms. The van der Waals surface area contributed by atoms with E-state index < -0.39 is 39.5 Å². The fourth-order valence-electron chi connectivity index (χ4n) is 2.16. The van der Waals surface area contributed by atoms with Crippen LogP contribution in [0.25, 0.3) is 0 Å². The third kappa shape index (κ3) is 7.31. The third-order valence-corrected chi connectivity index (χ3v) is 4.95. The number of hydrogen-bond acceptors (Lipinski definition) is 8. The first-order valence-corrected chi connectivity index (χ1v) is 10.8. The van der Waals surface area contributed by atoms with Gasteiger partial charge in [0.05, 0.1) is 0 Å². The number of benzene rings is 1. The van der Waals surface area contributed by atoms with E-state index in [2.05, 4.69) is 30.6 Å². The first-order chi connectivity index (χ1) is 14.1. The Kier molecular flexibility index (Phi) is 8.19. The Labute approximate surface area is 173 Å². The number of sulfonamides is 1. The average molecular weight is 466 g/mol. The van der Waals surface area contributed by atoms with Crippen molar-refractivity contribution in [3.63, 3.8) is 0 Å². The number of primary sulfonamides is 1. The van der Waals surface area contributed by atoms with Crippen molar-refractivity contribution in [1.82, 2.24) is 15.6 Å². The fourth-order valence-corrected chi connectivity index (χ4v) is 3.38. The molecule has 0 aliphatic carbocycles. The van der Waals surface area contributed by atoms with Gasteiger partial charge in [-0.1, -0.05) is 11.8 Å². The van der Waals surface area contributed by atoms with Crippen LogP contribution in [-0.4, -0.2) is 55.6 Å². The number of hydrogen-bond donors (Lipinski definition) is 3. The van der Waals surface area contributed by atoms with E-state index in [1.54, 1.807) is 0 Å². The number of thioether (sulfide) groups is 1. The van der Waals surface area contributed by atoms with Crippen LogP contribution >= 0.6 is 11.8 Å². The van der Waals surface area contributed by atoms with Crippen molar-refractivity contribution in [2.45, 2.75) is 11.5 Å². The van der Waals surface area contributed by atoms with Crippen LogP contribution in [0.5, 0.6) is 0 Å². The number of alkyl halides is 2. The van der Waals surface area contributed by atoms with Gasteiger partial charge in [0.25, 0.3) is 6.43 Å². The van der Waals surface area contributed by atoms with Gasteiger partial charge in [-0.15, -0.1) is 0 Å². The van der Waals surface area contributed by atoms with Crippen LogP contribution in [0.4, 0.5) is 18.9 Å². The predicted molar refractivity (Wildman–Crippen MR) is 103 cm³/mol. The predicted octanol–water partition coefficient (Wildman–Crippen LogP) is 1.13. The first kappa shape index (κ1) is 23.6. The molecule has 30 heavy (non-hydrogen) atoms. The van der Waals surface area contributed by atoms with Gasteiger partial charge < -0.3 is 10.6 Å². The van der Waals surface area contributed by atoms with Crippen molar-refractivity contribution in [3.8, 4) is 0 Å². The van der Waals surface area contributed by atoms with Gasteiger partial charge in [-0.2, -0.15) is 0 Å². The standard InChI is InChI=1S/C15H17F3N6O4S2/c1-20-14(22-10-5-8(13(17)18)4-9(16)6-10)12-15(24-28-23-12)29-3-2-21-11(25)7-30(19,26)27/h4-6,13H,2-3,7H2,1H3,(H,20,22)(H,21,25)(H2,19,26,27). The lowest BCUT2D eigenvalue weighted by Gasteiger charge is -2.10. The number of aromatic nitrogens is 2. The monoisotopic (exact) mass is 466 g/mol. The quantitative estimate of drug-likeness (QED) is 0.215. The lowest BCUT2D eigenvalue weighted by atomic mass is 10.2. The maximum Gasteiger partial charge on any atom is 0.264 e. The van der Waals surface area contributed by atoms with Crippen LogP contribution in [-0.2, 0) is 14.8 Å². The maximum atomic E-state index is 13.6. The van der Waals surface area contributed by atoms with E-state index >= 15 is 0 Å². The number of carbonyl (C=O) groups is 1. The molecule has 10 nitrogen and oxygen atoms in total. The summed E-state index contributed by atoms with van der Waals surface area (Å²) < 4.78 is 65.7. The van der Waals surface area contributed by atoms with Crippen molar-refractivity contribution in [3.05, 3.63) is 35.3 Å². The molecule has 0 unspecified atom stereocenters. The molecule has 0 radical (unpaired) electrons. The molecule has 0 bridgehead atoms. The number of anilines is 1. The zero-order valence-corrected chi connectivity index (χ0v) is 17.1. The summed E-state index contributed by atoms with van der Waals surface area (Å²) in [7, 11) is -2.53. The Hall–Kier alpha value is -2.65. The molecule has 0 aliphatic rings. The number of rotatable bonds is 9. The third-order valence-electron chi connectivity index (χ3n) is 3.34. The number of nitrogens with two attached hydrogens (primary N) is 1. The van der Waals surface area contributed by atoms with Crippen LogP contribution in [0, 0.1) is 5.82 Å². The summed E-state index contributed by atoms with van der Waals surface area (Å²) >= 11 is 1.10. The normalized spacial score (nSPS) is 12.3. The molecule has 0 aliphatic heterocycles. The Balaban J connectivity index is 2.01. The molecule has 1 aromatic heterocycles. The summed E-state index contributed by atoms with van der Waals surface area (Å²) in [5, 5.41) is 17.5. The summed E-state index contributed by atoms with van der Waals surface area (Å²) in [5.74, 6) is -2.09. The van der Waals surface area contributed by atoms with Crippen molar-refractivity contribution in [1.29, 1.82) is 0 Å². The largest absolute Gasteiger partial charge is 0.354 e. The van der Waals surface area contributed by atoms with E-state index in [9.17, 15) is 26.4 Å². The van der Waals surface area contributed by atoms with Crippen molar-refractivity contribution in [2.75, 3.05) is 30.4 Å². The number of nitrogens with one attached hydrogen (secondary N) is 2. The van der Waals surface area contributed by atoms with Crippen molar-refractivity contribution in [2.24, 2.45) is 10.1 Å². The first-order valence-electron chi connectivity index (χ1n) is 8.14. The summed E-state index contributed by atoms with van der Waals surface area (Å²) in [6.07, 6.45) is -2.85. The summed E-state index contributed by atoms with van der Waals surface area (Å²) in [5.41, 5.74) is -0.336. The van der Waals surface area contributed by atoms with E-state index in [0.29, 0.717) is 0 Å². The van der Waals surface area contributed by atoms with Crippen LogP contribution < -0.4 is 15.8 Å². The molecular weight excluding hydrogens is 449 g/mol. The smallest absolute Gasteiger partial charge is 0.264 e. The Morgan fingerprint density at radius 1 is 1.33 bits per heavy atom. The van der Waals surface area contributed by atoms with Gasteiger partial charge in [0.15, 0.2) is 16.6 Å². The number of amides is 1. The summed E-state index contributed by atoms with van der Waals surface area (Å²) in [4.78, 5) is 15.4. The molecule has 2 rings (SSSR count). The minimum absolute atomic E-state index is 0.0279. The molecule has 0 atom stereocenters. The second kappa shape index (κ2) is 10.4. The highest BCUT2D eigenvalue weighted by molar-refractivity contribution is 7.99. The molecule has 2 aromatic rings. The van der Waals surface area contributed by atoms with E-state index in [4.69, 9.17) is 5.14 Å². The molecule has 0 saturated carbocycles. The number of aliphatic imine (C=N–C) groups is 1. The Morgan fingerprint density at radius 3 is 2.70 bits per heavy atom. The maximum absolute atomic E-state index is 13.6. The minimum Gasteiger partial charge on any atom is -0.354 e. The molecule has 1 amide bonds. The van der Waals surface area contributed by atoms with E-state index in [1.165, 1.54) is 7.05 Å². The van der Waals surface area contributed by atoms with Gasteiger partial charge in [0.2, 0.25) is 15.9 Å². The Bertz CT molecular complexity index is 1030. The highest BCUT2D eigenvalue weighted by Gasteiger charge is 2.18. The van der Waals surface area contributed by atoms with Crippen LogP contribution in [0.2, 0.25) is 0 Å². The van der Waals surface area contributed by atoms with Gasteiger partial charge in [-0.05, 0) is 28.5 Å². The van der Waals surface area contributed by atoms with Gasteiger partial charge >= 0.3 is 0 Å². The van der Waals surface area contributed by atoms with Gasteiger partial charge in [-0.25, -0.2) is 31.4 Å². The summed E-state index contributed by atoms with van der Waals surface area (Å²) in [6.45, 7) is 0.0962. The molecule has 0 saturated heterocycles. The SMILES string of the molecule is CN=C(Nc1cc(F)cc(C(F)F)c1)c1nonc1SCCNC(=O)CS(N)(=O)=O. The van der Waals surface area contributed by atoms with E-state index in [-0.39, 0.29) is 34.5 Å². The van der Waals surface area contributed by atoms with Crippen LogP contribution in [0.15, 0.2) is 32.8 Å². The molecule has 0 spiro atoms. The number of nitrogens with zero attached hydrogens (tertiary/aromatic N) is 3. The topological polar surface area (TPSA) is 153 Å². The molecule has 1 heterocycles. The van der Waals surface area contributed by atoms with E-state index in [0.717, 1.165) is 30.0 Å². The number of amidine groups is 1. The van der Waals surface area contributed by atoms with Gasteiger partial charge in [-0.3, -0.25) is 9.79 Å². The molecule has 4 N–H and O–H groups in total. The summed E-state index contributed by atoms with van der Waals surface area (Å²) in [6, 6.07) is 2.81. The highest BCUT2D eigenvalue weighted by atomic mass is 32.2. The molecular formula is C15H17F3N6O4S2. The van der Waals surface area contributed by atoms with Crippen LogP contribution in [0.3, 0.4) is 0 Å².